The van der Waals surface area contributed by atoms with Crippen molar-refractivity contribution in [2.75, 3.05) is 12.0 Å². The average Bonchev–Trinajstić information content (AvgIpc) is 2.05. The van der Waals surface area contributed by atoms with Gasteiger partial charge in [-0.3, -0.25) is 0 Å². The highest BCUT2D eigenvalue weighted by Crippen LogP contribution is 2.26. The van der Waals surface area contributed by atoms with Crippen LogP contribution in [0.1, 0.15) is 32.1 Å². The molecule has 0 aromatic rings. The van der Waals surface area contributed by atoms with Crippen molar-refractivity contribution in [3.63, 3.8) is 0 Å². The molecular formula is C9H16O3S. The van der Waals surface area contributed by atoms with Crippen molar-refractivity contribution in [3.8, 4) is 0 Å². The van der Waals surface area contributed by atoms with Gasteiger partial charge in [-0.2, -0.15) is 0 Å². The second-order valence-corrected chi connectivity index (χ2v) is 6.60. The first kappa shape index (κ1) is 10.7. The predicted octanol–water partition coefficient (Wildman–Crippen LogP) is 1.04. The monoisotopic (exact) mass is 204 g/mol. The molecule has 0 N–H and O–H groups in total. The molecule has 1 saturated carbocycles. The number of carbonyl (C=O) groups is 1. The minimum Gasteiger partial charge on any atom is -0.504 e. The Bertz CT molecular complexity index is 231. The summed E-state index contributed by atoms with van der Waals surface area (Å²) in [5.41, 5.74) is 0. The molecule has 4 heteroatoms. The predicted molar refractivity (Wildman–Crippen MR) is 50.8 cm³/mol. The van der Waals surface area contributed by atoms with Crippen LogP contribution in [0.25, 0.3) is 0 Å². The first-order valence-electron chi connectivity index (χ1n) is 4.70. The van der Waals surface area contributed by atoms with Gasteiger partial charge in [0.25, 0.3) is 5.30 Å². The lowest BCUT2D eigenvalue weighted by Crippen LogP contribution is -2.38. The van der Waals surface area contributed by atoms with Gasteiger partial charge in [0.15, 0.2) is 0 Å². The first-order chi connectivity index (χ1) is 6.02. The van der Waals surface area contributed by atoms with E-state index in [0.29, 0.717) is 11.7 Å². The van der Waals surface area contributed by atoms with Gasteiger partial charge in [0, 0.05) is 5.92 Å². The minimum absolute atomic E-state index is 0.315. The van der Waals surface area contributed by atoms with Crippen LogP contribution in [-0.2, 0) is 14.1 Å². The van der Waals surface area contributed by atoms with E-state index in [-0.39, 0.29) is 0 Å². The summed E-state index contributed by atoms with van der Waals surface area (Å²) < 4.78 is 11.5. The Labute approximate surface area is 80.0 Å². The first-order valence-corrected chi connectivity index (χ1v) is 6.84. The van der Waals surface area contributed by atoms with Crippen LogP contribution in [0.15, 0.2) is 0 Å². The normalized spacial score (nSPS) is 23.8. The van der Waals surface area contributed by atoms with Crippen molar-refractivity contribution in [1.29, 1.82) is 0 Å². The third-order valence-electron chi connectivity index (χ3n) is 2.63. The zero-order chi connectivity index (χ0) is 9.90. The van der Waals surface area contributed by atoms with Gasteiger partial charge < -0.3 is 9.90 Å². The SMILES string of the molecule is C[S+](=O)(CC1CCCCC1)C(=O)[O-]. The molecule has 3 nitrogen and oxygen atoms in total. The van der Waals surface area contributed by atoms with Gasteiger partial charge >= 0.3 is 0 Å². The molecule has 0 heterocycles. The van der Waals surface area contributed by atoms with Crippen LogP contribution in [0, 0.1) is 5.92 Å². The standard InChI is InChI=1S/C9H16O3S/c1-13(12,9(10)11)7-8-5-3-2-4-6-8/h8H,2-7H2,1H3. The zero-order valence-electron chi connectivity index (χ0n) is 7.95. The summed E-state index contributed by atoms with van der Waals surface area (Å²) in [6.45, 7) is 0. The molecule has 0 radical (unpaired) electrons. The van der Waals surface area contributed by atoms with Gasteiger partial charge in [-0.1, -0.05) is 23.5 Å². The highest BCUT2D eigenvalue weighted by Gasteiger charge is 2.29. The molecule has 0 spiro atoms. The molecule has 1 rings (SSSR count). The molecule has 0 aromatic carbocycles. The molecule has 1 atom stereocenters. The van der Waals surface area contributed by atoms with Gasteiger partial charge in [-0.15, -0.1) is 0 Å². The summed E-state index contributed by atoms with van der Waals surface area (Å²) in [4.78, 5) is 10.5. The molecule has 0 aliphatic heterocycles. The van der Waals surface area contributed by atoms with Crippen molar-refractivity contribution in [3.05, 3.63) is 0 Å². The maximum atomic E-state index is 11.5. The van der Waals surface area contributed by atoms with Gasteiger partial charge in [0.05, 0.1) is 0 Å². The number of carboxylic acid groups (broad SMARTS) is 1. The highest BCUT2D eigenvalue weighted by molar-refractivity contribution is 8.15. The third-order valence-corrected chi connectivity index (χ3v) is 4.44. The van der Waals surface area contributed by atoms with Crippen LogP contribution in [-0.4, -0.2) is 17.3 Å². The Balaban J connectivity index is 2.46. The van der Waals surface area contributed by atoms with Crippen molar-refractivity contribution in [2.24, 2.45) is 5.92 Å². The molecule has 0 saturated heterocycles. The molecule has 0 aromatic heterocycles. The van der Waals surface area contributed by atoms with E-state index in [1.807, 2.05) is 0 Å². The van der Waals surface area contributed by atoms with E-state index in [0.717, 1.165) is 25.7 Å². The summed E-state index contributed by atoms with van der Waals surface area (Å²) in [7, 11) is -2.74. The molecule has 1 fully saturated rings. The van der Waals surface area contributed by atoms with E-state index in [2.05, 4.69) is 0 Å². The topological polar surface area (TPSA) is 57.2 Å². The van der Waals surface area contributed by atoms with E-state index >= 15 is 0 Å². The van der Waals surface area contributed by atoms with E-state index < -0.39 is 15.2 Å². The Hall–Kier alpha value is -0.380. The highest BCUT2D eigenvalue weighted by atomic mass is 32.2. The van der Waals surface area contributed by atoms with Crippen molar-refractivity contribution in [1.82, 2.24) is 0 Å². The van der Waals surface area contributed by atoms with Crippen LogP contribution in [0.5, 0.6) is 0 Å². The average molecular weight is 204 g/mol. The molecular weight excluding hydrogens is 188 g/mol. The molecule has 1 aliphatic carbocycles. The van der Waals surface area contributed by atoms with Crippen molar-refractivity contribution in [2.45, 2.75) is 32.1 Å². The van der Waals surface area contributed by atoms with Crippen LogP contribution >= 0.6 is 0 Å². The Morgan fingerprint density at radius 2 is 1.92 bits per heavy atom. The third kappa shape index (κ3) is 3.10. The van der Waals surface area contributed by atoms with Crippen molar-refractivity contribution < 1.29 is 14.1 Å². The van der Waals surface area contributed by atoms with E-state index in [1.165, 1.54) is 12.7 Å². The van der Waals surface area contributed by atoms with Crippen LogP contribution in [0.4, 0.5) is 4.79 Å². The van der Waals surface area contributed by atoms with Crippen LogP contribution in [0.2, 0.25) is 0 Å². The van der Waals surface area contributed by atoms with Crippen LogP contribution in [0.3, 0.4) is 0 Å². The molecule has 0 bridgehead atoms. The fourth-order valence-corrected chi connectivity index (χ4v) is 3.24. The zero-order valence-corrected chi connectivity index (χ0v) is 8.77. The second-order valence-electron chi connectivity index (χ2n) is 3.93. The largest absolute Gasteiger partial charge is 0.504 e. The quantitative estimate of drug-likeness (QED) is 0.631. The van der Waals surface area contributed by atoms with Gasteiger partial charge in [0.1, 0.15) is 21.9 Å². The van der Waals surface area contributed by atoms with E-state index in [9.17, 15) is 14.1 Å². The van der Waals surface area contributed by atoms with Gasteiger partial charge in [0.2, 0.25) is 0 Å². The summed E-state index contributed by atoms with van der Waals surface area (Å²) in [5, 5.41) is 9.13. The molecule has 0 amide bonds. The summed E-state index contributed by atoms with van der Waals surface area (Å²) in [5.74, 6) is 0.652. The van der Waals surface area contributed by atoms with Gasteiger partial charge in [-0.25, -0.2) is 0 Å². The molecule has 1 unspecified atom stereocenters. The smallest absolute Gasteiger partial charge is 0.275 e. The van der Waals surface area contributed by atoms with E-state index in [1.54, 1.807) is 0 Å². The Kier molecular flexibility index (Phi) is 3.47. The molecule has 1 aliphatic rings. The maximum absolute atomic E-state index is 11.5. The molecule has 76 valence electrons. The number of rotatable bonds is 2. The summed E-state index contributed by atoms with van der Waals surface area (Å²) in [6, 6.07) is 0. The maximum Gasteiger partial charge on any atom is 0.275 e. The lowest BCUT2D eigenvalue weighted by Gasteiger charge is -2.21. The fourth-order valence-electron chi connectivity index (χ4n) is 1.87. The minimum atomic E-state index is -2.74. The van der Waals surface area contributed by atoms with E-state index in [4.69, 9.17) is 0 Å². The van der Waals surface area contributed by atoms with Crippen LogP contribution < -0.4 is 5.11 Å². The summed E-state index contributed by atoms with van der Waals surface area (Å²) in [6.07, 6.45) is 6.88. The Morgan fingerprint density at radius 3 is 2.38 bits per heavy atom. The van der Waals surface area contributed by atoms with Crippen molar-refractivity contribution >= 4 is 15.2 Å². The summed E-state index contributed by atoms with van der Waals surface area (Å²) >= 11 is 0. The van der Waals surface area contributed by atoms with Gasteiger partial charge in [-0.05, 0) is 12.8 Å². The molecule has 13 heavy (non-hydrogen) atoms. The number of hydrogen-bond donors (Lipinski definition) is 0. The second kappa shape index (κ2) is 4.22. The fraction of sp³-hybridized carbons (Fsp3) is 0.889. The lowest BCUT2D eigenvalue weighted by molar-refractivity contribution is -0.233. The number of carbonyl (C=O) groups excluding carboxylic acids is 1. The number of hydrogen-bond acceptors (Lipinski definition) is 3. The lowest BCUT2D eigenvalue weighted by atomic mass is 9.91. The Morgan fingerprint density at radius 1 is 1.38 bits per heavy atom.